The third-order valence-electron chi connectivity index (χ3n) is 2.84. The molecule has 0 amide bonds. The molecule has 0 saturated carbocycles. The van der Waals surface area contributed by atoms with E-state index in [1.165, 1.54) is 7.11 Å². The fourth-order valence-corrected chi connectivity index (χ4v) is 2.01. The Kier molecular flexibility index (Phi) is 2.08. The van der Waals surface area contributed by atoms with E-state index in [1.54, 1.807) is 0 Å². The molecule has 84 valence electrons. The topological polar surface area (TPSA) is 55.0 Å². The molecule has 0 saturated heterocycles. The fourth-order valence-electron chi connectivity index (χ4n) is 2.01. The van der Waals surface area contributed by atoms with Crippen LogP contribution in [0.25, 0.3) is 21.7 Å². The molecule has 0 aliphatic carbocycles. The largest absolute Gasteiger partial charge is 0.464 e. The highest BCUT2D eigenvalue weighted by Crippen LogP contribution is 2.25. The Morgan fingerprint density at radius 2 is 2.00 bits per heavy atom. The van der Waals surface area contributed by atoms with Crippen molar-refractivity contribution in [2.75, 3.05) is 7.11 Å². The molecule has 0 atom stereocenters. The molecular weight excluding hydrogens is 216 g/mol. The highest BCUT2D eigenvalue weighted by molar-refractivity contribution is 6.11. The molecule has 4 nitrogen and oxygen atoms in total. The highest BCUT2D eigenvalue weighted by Gasteiger charge is 2.14. The number of carbonyl (C=O) groups is 1. The summed E-state index contributed by atoms with van der Waals surface area (Å²) in [7, 11) is 1.36. The second-order valence-electron chi connectivity index (χ2n) is 3.77. The molecule has 0 fully saturated rings. The van der Waals surface area contributed by atoms with Crippen molar-refractivity contribution < 1.29 is 9.53 Å². The summed E-state index contributed by atoms with van der Waals surface area (Å²) in [5.74, 6) is -0.400. The van der Waals surface area contributed by atoms with E-state index in [9.17, 15) is 4.79 Å². The van der Waals surface area contributed by atoms with Gasteiger partial charge in [0.2, 0.25) is 0 Å². The third-order valence-corrected chi connectivity index (χ3v) is 2.84. The van der Waals surface area contributed by atoms with Gasteiger partial charge in [-0.1, -0.05) is 30.3 Å². The summed E-state index contributed by atoms with van der Waals surface area (Å²) >= 11 is 0. The maximum Gasteiger partial charge on any atom is 0.356 e. The van der Waals surface area contributed by atoms with E-state index in [0.717, 1.165) is 21.7 Å². The molecule has 0 aliphatic heterocycles. The number of methoxy groups -OCH3 is 1. The molecule has 0 radical (unpaired) electrons. The normalized spacial score (nSPS) is 10.9. The smallest absolute Gasteiger partial charge is 0.356 e. The van der Waals surface area contributed by atoms with Gasteiger partial charge >= 0.3 is 5.97 Å². The zero-order valence-corrected chi connectivity index (χ0v) is 9.23. The number of aromatic amines is 1. The lowest BCUT2D eigenvalue weighted by atomic mass is 10.1. The third kappa shape index (κ3) is 1.38. The summed E-state index contributed by atoms with van der Waals surface area (Å²) in [6.07, 6.45) is 0. The van der Waals surface area contributed by atoms with Gasteiger partial charge in [0, 0.05) is 10.8 Å². The number of carbonyl (C=O) groups excluding carboxylic acids is 1. The summed E-state index contributed by atoms with van der Waals surface area (Å²) in [4.78, 5) is 11.5. The van der Waals surface area contributed by atoms with Gasteiger partial charge in [-0.25, -0.2) is 4.79 Å². The van der Waals surface area contributed by atoms with Crippen molar-refractivity contribution in [3.05, 3.63) is 42.1 Å². The quantitative estimate of drug-likeness (QED) is 0.648. The second-order valence-corrected chi connectivity index (χ2v) is 3.77. The van der Waals surface area contributed by atoms with Gasteiger partial charge in [0.05, 0.1) is 7.11 Å². The van der Waals surface area contributed by atoms with Gasteiger partial charge in [-0.05, 0) is 11.5 Å². The lowest BCUT2D eigenvalue weighted by Crippen LogP contribution is -2.01. The van der Waals surface area contributed by atoms with E-state index in [2.05, 4.69) is 10.2 Å². The second kappa shape index (κ2) is 3.59. The van der Waals surface area contributed by atoms with Crippen molar-refractivity contribution in [2.45, 2.75) is 0 Å². The monoisotopic (exact) mass is 226 g/mol. The Morgan fingerprint density at radius 3 is 2.82 bits per heavy atom. The average Bonchev–Trinajstić information content (AvgIpc) is 2.82. The van der Waals surface area contributed by atoms with Gasteiger partial charge in [-0.3, -0.25) is 5.10 Å². The number of hydrogen-bond donors (Lipinski definition) is 1. The number of H-pyrrole nitrogens is 1. The molecule has 3 rings (SSSR count). The maximum atomic E-state index is 11.5. The number of nitrogens with one attached hydrogen (secondary N) is 1. The van der Waals surface area contributed by atoms with Crippen molar-refractivity contribution >= 4 is 27.6 Å². The van der Waals surface area contributed by atoms with Gasteiger partial charge in [0.1, 0.15) is 5.52 Å². The first-order valence-electron chi connectivity index (χ1n) is 5.25. The van der Waals surface area contributed by atoms with Crippen LogP contribution in [0.3, 0.4) is 0 Å². The van der Waals surface area contributed by atoms with E-state index < -0.39 is 5.97 Å². The zero-order chi connectivity index (χ0) is 11.8. The minimum absolute atomic E-state index is 0.397. The number of rotatable bonds is 1. The number of aromatic nitrogens is 2. The standard InChI is InChI=1S/C13H10N2O2/c1-17-13(16)12-10-7-6-8-4-2-3-5-9(8)11(10)14-15-12/h2-7H,1H3,(H,14,15). The fraction of sp³-hybridized carbons (Fsp3) is 0.0769. The molecule has 1 N–H and O–H groups in total. The summed E-state index contributed by atoms with van der Waals surface area (Å²) in [5.41, 5.74) is 1.19. The SMILES string of the molecule is COC(=O)c1[nH]nc2c1ccc1ccccc12. The van der Waals surface area contributed by atoms with Crippen LogP contribution in [-0.4, -0.2) is 23.3 Å². The van der Waals surface area contributed by atoms with Gasteiger partial charge in [-0.2, -0.15) is 5.10 Å². The molecule has 3 aromatic rings. The van der Waals surface area contributed by atoms with Crippen LogP contribution in [-0.2, 0) is 4.74 Å². The number of fused-ring (bicyclic) bond motifs is 3. The Labute approximate surface area is 97.2 Å². The van der Waals surface area contributed by atoms with E-state index in [-0.39, 0.29) is 0 Å². The zero-order valence-electron chi connectivity index (χ0n) is 9.23. The molecular formula is C13H10N2O2. The lowest BCUT2D eigenvalue weighted by molar-refractivity contribution is 0.0596. The summed E-state index contributed by atoms with van der Waals surface area (Å²) in [5, 5.41) is 9.83. The molecule has 0 aliphatic rings. The predicted molar refractivity (Wildman–Crippen MR) is 64.9 cm³/mol. The molecule has 2 aromatic carbocycles. The van der Waals surface area contributed by atoms with Crippen molar-refractivity contribution in [3.8, 4) is 0 Å². The van der Waals surface area contributed by atoms with Crippen LogP contribution < -0.4 is 0 Å². The minimum Gasteiger partial charge on any atom is -0.464 e. The van der Waals surface area contributed by atoms with Crippen molar-refractivity contribution in [1.29, 1.82) is 0 Å². The van der Waals surface area contributed by atoms with Crippen LogP contribution in [0.15, 0.2) is 36.4 Å². The number of hydrogen-bond acceptors (Lipinski definition) is 3. The number of benzene rings is 2. The first kappa shape index (κ1) is 9.84. The highest BCUT2D eigenvalue weighted by atomic mass is 16.5. The molecule has 0 unspecified atom stereocenters. The van der Waals surface area contributed by atoms with Gasteiger partial charge in [-0.15, -0.1) is 0 Å². The molecule has 0 bridgehead atoms. The van der Waals surface area contributed by atoms with Gasteiger partial charge < -0.3 is 4.74 Å². The summed E-state index contributed by atoms with van der Waals surface area (Å²) in [6, 6.07) is 11.8. The van der Waals surface area contributed by atoms with Crippen LogP contribution in [0, 0.1) is 0 Å². The Morgan fingerprint density at radius 1 is 1.18 bits per heavy atom. The average molecular weight is 226 g/mol. The van der Waals surface area contributed by atoms with Crippen molar-refractivity contribution in [3.63, 3.8) is 0 Å². The number of nitrogens with zero attached hydrogens (tertiary/aromatic N) is 1. The Balaban J connectivity index is 2.39. The molecule has 1 aromatic heterocycles. The van der Waals surface area contributed by atoms with Crippen molar-refractivity contribution in [1.82, 2.24) is 10.2 Å². The van der Waals surface area contributed by atoms with E-state index >= 15 is 0 Å². The van der Waals surface area contributed by atoms with Crippen LogP contribution in [0.2, 0.25) is 0 Å². The molecule has 1 heterocycles. The van der Waals surface area contributed by atoms with E-state index in [4.69, 9.17) is 4.74 Å². The van der Waals surface area contributed by atoms with Crippen LogP contribution in [0.4, 0.5) is 0 Å². The maximum absolute atomic E-state index is 11.5. The van der Waals surface area contributed by atoms with Gasteiger partial charge in [0.25, 0.3) is 0 Å². The Hall–Kier alpha value is -2.36. The lowest BCUT2D eigenvalue weighted by Gasteiger charge is -1.98. The molecule has 0 spiro atoms. The van der Waals surface area contributed by atoms with Crippen LogP contribution in [0.1, 0.15) is 10.5 Å². The molecule has 4 heteroatoms. The molecule has 17 heavy (non-hydrogen) atoms. The first-order valence-corrected chi connectivity index (χ1v) is 5.25. The van der Waals surface area contributed by atoms with Gasteiger partial charge in [0.15, 0.2) is 5.69 Å². The number of ether oxygens (including phenoxy) is 1. The Bertz CT molecular complexity index is 716. The number of esters is 1. The van der Waals surface area contributed by atoms with Crippen LogP contribution >= 0.6 is 0 Å². The summed E-state index contributed by atoms with van der Waals surface area (Å²) in [6.45, 7) is 0. The van der Waals surface area contributed by atoms with Crippen molar-refractivity contribution in [2.24, 2.45) is 0 Å². The summed E-state index contributed by atoms with van der Waals surface area (Å²) < 4.78 is 4.70. The minimum atomic E-state index is -0.400. The van der Waals surface area contributed by atoms with Crippen LogP contribution in [0.5, 0.6) is 0 Å². The predicted octanol–water partition coefficient (Wildman–Crippen LogP) is 2.50. The van der Waals surface area contributed by atoms with E-state index in [1.807, 2.05) is 36.4 Å². The van der Waals surface area contributed by atoms with E-state index in [0.29, 0.717) is 5.69 Å². The first-order chi connectivity index (χ1) is 8.31.